The number of nitrogens with two attached hydrogens (primary N) is 1. The van der Waals surface area contributed by atoms with E-state index in [-0.39, 0.29) is 0 Å². The number of hydrogen-bond donors (Lipinski definition) is 2. The van der Waals surface area contributed by atoms with Crippen molar-refractivity contribution in [1.29, 1.82) is 0 Å². The number of H-pyrrole nitrogens is 1. The Morgan fingerprint density at radius 3 is 2.19 bits per heavy atom. The van der Waals surface area contributed by atoms with Gasteiger partial charge in [0.25, 0.3) is 0 Å². The third kappa shape index (κ3) is 4.23. The second kappa shape index (κ2) is 10.5. The molecule has 0 saturated carbocycles. The molecule has 0 aliphatic carbocycles. The van der Waals surface area contributed by atoms with Gasteiger partial charge in [-0.05, 0) is 74.8 Å². The summed E-state index contributed by atoms with van der Waals surface area (Å²) >= 11 is 0. The zero-order valence-corrected chi connectivity index (χ0v) is 23.3. The molecule has 3 N–H and O–H groups in total. The molecule has 0 spiro atoms. The fourth-order valence-electron chi connectivity index (χ4n) is 6.10. The van der Waals surface area contributed by atoms with E-state index in [2.05, 4.69) is 126 Å². The summed E-state index contributed by atoms with van der Waals surface area (Å²) in [7, 11) is 0. The van der Waals surface area contributed by atoms with Crippen molar-refractivity contribution < 1.29 is 0 Å². The summed E-state index contributed by atoms with van der Waals surface area (Å²) < 4.78 is 2.40. The van der Waals surface area contributed by atoms with E-state index < -0.39 is 0 Å². The van der Waals surface area contributed by atoms with Crippen molar-refractivity contribution in [3.05, 3.63) is 164 Å². The zero-order chi connectivity index (χ0) is 28.6. The number of hydrogen-bond acceptors (Lipinski definition) is 1. The van der Waals surface area contributed by atoms with Crippen LogP contribution in [0.25, 0.3) is 60.2 Å². The Bertz CT molecular complexity index is 2200. The fourth-order valence-corrected chi connectivity index (χ4v) is 6.10. The number of aromatic nitrogens is 2. The van der Waals surface area contributed by atoms with Crippen LogP contribution in [0, 0.1) is 0 Å². The molecule has 7 aromatic rings. The van der Waals surface area contributed by atoms with Crippen LogP contribution in [0.3, 0.4) is 0 Å². The second-order valence-electron chi connectivity index (χ2n) is 10.6. The molecule has 7 rings (SSSR count). The highest BCUT2D eigenvalue weighted by Crippen LogP contribution is 2.39. The van der Waals surface area contributed by atoms with Crippen LogP contribution in [0.2, 0.25) is 0 Å². The lowest BCUT2D eigenvalue weighted by atomic mass is 9.98. The van der Waals surface area contributed by atoms with Gasteiger partial charge in [-0.1, -0.05) is 98.1 Å². The van der Waals surface area contributed by atoms with Crippen molar-refractivity contribution in [2.75, 3.05) is 0 Å². The Labute approximate surface area is 245 Å². The van der Waals surface area contributed by atoms with Gasteiger partial charge in [-0.2, -0.15) is 0 Å². The number of benzene rings is 5. The summed E-state index contributed by atoms with van der Waals surface area (Å²) in [4.78, 5) is 3.28. The van der Waals surface area contributed by atoms with Crippen molar-refractivity contribution in [2.45, 2.75) is 6.42 Å². The van der Waals surface area contributed by atoms with Crippen molar-refractivity contribution in [3.63, 3.8) is 0 Å². The van der Waals surface area contributed by atoms with Crippen LogP contribution in [0.4, 0.5) is 0 Å². The monoisotopic (exact) mass is 541 g/mol. The number of nitrogens with zero attached hydrogens (tertiary/aromatic N) is 1. The molecular formula is C39H31N3. The molecule has 2 aromatic heterocycles. The number of nitrogens with one attached hydrogen (secondary N) is 1. The molecule has 5 aromatic carbocycles. The van der Waals surface area contributed by atoms with Crippen LogP contribution in [0.15, 0.2) is 147 Å². The Hall–Kier alpha value is -5.54. The Morgan fingerprint density at radius 1 is 0.690 bits per heavy atom. The van der Waals surface area contributed by atoms with Crippen molar-refractivity contribution in [2.24, 2.45) is 5.73 Å². The van der Waals surface area contributed by atoms with Crippen molar-refractivity contribution >= 4 is 54.5 Å². The largest absolute Gasteiger partial charge is 0.404 e. The fraction of sp³-hybridized carbons (Fsp3) is 0.0256. The van der Waals surface area contributed by atoms with Crippen LogP contribution in [0.5, 0.6) is 0 Å². The van der Waals surface area contributed by atoms with Crippen LogP contribution in [0.1, 0.15) is 16.8 Å². The Morgan fingerprint density at radius 2 is 1.43 bits per heavy atom. The lowest BCUT2D eigenvalue weighted by Crippen LogP contribution is -1.96. The average molecular weight is 542 g/mol. The van der Waals surface area contributed by atoms with Crippen LogP contribution >= 0.6 is 0 Å². The SMILES string of the molecule is C=C/C(=C\Cc1ccc[nH]1)c1ccc2c(ccc3c4ccc(/C(C=C)=C/N)cc4n(-c4ccc5ccccc5c4)c23)c1. The lowest BCUT2D eigenvalue weighted by Gasteiger charge is -2.13. The van der Waals surface area contributed by atoms with E-state index in [1.807, 2.05) is 24.4 Å². The molecule has 0 saturated heterocycles. The minimum Gasteiger partial charge on any atom is -0.404 e. The third-order valence-corrected chi connectivity index (χ3v) is 8.23. The first-order valence-electron chi connectivity index (χ1n) is 14.2. The van der Waals surface area contributed by atoms with Crippen molar-refractivity contribution in [1.82, 2.24) is 9.55 Å². The van der Waals surface area contributed by atoms with Gasteiger partial charge in [0.15, 0.2) is 0 Å². The molecular weight excluding hydrogens is 510 g/mol. The molecule has 0 aliphatic rings. The normalized spacial score (nSPS) is 12.5. The highest BCUT2D eigenvalue weighted by molar-refractivity contribution is 6.19. The quantitative estimate of drug-likeness (QED) is 0.194. The predicted molar refractivity (Wildman–Crippen MR) is 181 cm³/mol. The van der Waals surface area contributed by atoms with Crippen LogP contribution < -0.4 is 5.73 Å². The van der Waals surface area contributed by atoms with Gasteiger partial charge in [0, 0.05) is 46.4 Å². The first-order valence-corrected chi connectivity index (χ1v) is 14.2. The van der Waals surface area contributed by atoms with Gasteiger partial charge in [-0.3, -0.25) is 0 Å². The summed E-state index contributed by atoms with van der Waals surface area (Å²) in [6.07, 6.45) is 10.4. The standard InChI is InChI=1S/C39H31N3/c1-3-26(11-16-33-10-7-21-41-33)30-13-18-35-32(22-30)15-20-37-36-19-14-31(27(4-2)25-40)24-38(36)42(39(35)37)34-17-12-28-8-5-6-9-29(28)23-34/h3-15,17-25,41H,1-2,16,40H2/b26-11+,27-25+. The topological polar surface area (TPSA) is 46.7 Å². The lowest BCUT2D eigenvalue weighted by molar-refractivity contribution is 1.15. The maximum Gasteiger partial charge on any atom is 0.0619 e. The highest BCUT2D eigenvalue weighted by Gasteiger charge is 2.17. The number of aromatic amines is 1. The molecule has 3 nitrogen and oxygen atoms in total. The molecule has 202 valence electrons. The summed E-state index contributed by atoms with van der Waals surface area (Å²) in [6.45, 7) is 8.08. The molecule has 2 heterocycles. The minimum atomic E-state index is 0.827. The minimum absolute atomic E-state index is 0.827. The van der Waals surface area contributed by atoms with Gasteiger partial charge in [0.05, 0.1) is 11.0 Å². The smallest absolute Gasteiger partial charge is 0.0619 e. The van der Waals surface area contributed by atoms with Crippen LogP contribution in [-0.2, 0) is 6.42 Å². The van der Waals surface area contributed by atoms with Crippen LogP contribution in [-0.4, -0.2) is 9.55 Å². The number of rotatable bonds is 7. The molecule has 42 heavy (non-hydrogen) atoms. The maximum atomic E-state index is 5.97. The molecule has 0 fully saturated rings. The molecule has 0 amide bonds. The third-order valence-electron chi connectivity index (χ3n) is 8.23. The van der Waals surface area contributed by atoms with Gasteiger partial charge < -0.3 is 15.3 Å². The van der Waals surface area contributed by atoms with E-state index in [1.165, 1.54) is 43.5 Å². The van der Waals surface area contributed by atoms with Gasteiger partial charge >= 0.3 is 0 Å². The number of allylic oxidation sites excluding steroid dienone is 5. The molecule has 0 radical (unpaired) electrons. The van der Waals surface area contributed by atoms with E-state index >= 15 is 0 Å². The van der Waals surface area contributed by atoms with Gasteiger partial charge in [0.1, 0.15) is 0 Å². The molecule has 0 unspecified atom stereocenters. The Balaban J connectivity index is 1.49. The zero-order valence-electron chi connectivity index (χ0n) is 23.3. The Kier molecular flexibility index (Phi) is 6.33. The summed E-state index contributed by atoms with van der Waals surface area (Å²) in [5.74, 6) is 0. The first kappa shape index (κ1) is 25.4. The second-order valence-corrected chi connectivity index (χ2v) is 10.6. The predicted octanol–water partition coefficient (Wildman–Crippen LogP) is 9.72. The first-order chi connectivity index (χ1) is 20.7. The van der Waals surface area contributed by atoms with E-state index in [4.69, 9.17) is 5.73 Å². The van der Waals surface area contributed by atoms with Gasteiger partial charge in [-0.25, -0.2) is 0 Å². The number of fused-ring (bicyclic) bond motifs is 6. The van der Waals surface area contributed by atoms with E-state index in [9.17, 15) is 0 Å². The molecule has 0 bridgehead atoms. The summed E-state index contributed by atoms with van der Waals surface area (Å²) in [5.41, 5.74) is 14.8. The summed E-state index contributed by atoms with van der Waals surface area (Å²) in [6, 6.07) is 37.1. The highest BCUT2D eigenvalue weighted by atomic mass is 15.0. The molecule has 0 aliphatic heterocycles. The summed E-state index contributed by atoms with van der Waals surface area (Å²) in [5, 5.41) is 7.24. The van der Waals surface area contributed by atoms with E-state index in [0.29, 0.717) is 0 Å². The molecule has 0 atom stereocenters. The van der Waals surface area contributed by atoms with Gasteiger partial charge in [-0.15, -0.1) is 0 Å². The molecule has 3 heteroatoms. The average Bonchev–Trinajstić information content (AvgIpc) is 3.67. The van der Waals surface area contributed by atoms with E-state index in [1.54, 1.807) is 6.20 Å². The van der Waals surface area contributed by atoms with E-state index in [0.717, 1.165) is 39.9 Å². The van der Waals surface area contributed by atoms with Crippen molar-refractivity contribution in [3.8, 4) is 5.69 Å². The maximum absolute atomic E-state index is 5.97. The van der Waals surface area contributed by atoms with Gasteiger partial charge in [0.2, 0.25) is 0 Å².